The number of aryl methyl sites for hydroxylation is 1. The molecule has 2 atom stereocenters. The maximum atomic E-state index is 13.2. The van der Waals surface area contributed by atoms with Crippen molar-refractivity contribution in [3.05, 3.63) is 53.0 Å². The van der Waals surface area contributed by atoms with Gasteiger partial charge in [0.15, 0.2) is 5.82 Å². The molecule has 3 aromatic rings. The van der Waals surface area contributed by atoms with E-state index in [2.05, 4.69) is 22.1 Å². The van der Waals surface area contributed by atoms with Crippen molar-refractivity contribution in [3.8, 4) is 11.5 Å². The lowest BCUT2D eigenvalue weighted by atomic mass is 9.97. The van der Waals surface area contributed by atoms with E-state index in [4.69, 9.17) is 5.10 Å². The van der Waals surface area contributed by atoms with Gasteiger partial charge in [0, 0.05) is 17.0 Å². The van der Waals surface area contributed by atoms with Crippen LogP contribution in [0.4, 0.5) is 0 Å². The van der Waals surface area contributed by atoms with Crippen LogP contribution in [-0.2, 0) is 6.42 Å². The fraction of sp³-hybridized carbons (Fsp3) is 0.368. The van der Waals surface area contributed by atoms with Gasteiger partial charge in [0.1, 0.15) is 12.0 Å². The molecule has 2 aliphatic carbocycles. The average Bonchev–Trinajstić information content (AvgIpc) is 2.99. The lowest BCUT2D eigenvalue weighted by Crippen LogP contribution is -2.18. The molecule has 0 bridgehead atoms. The van der Waals surface area contributed by atoms with Crippen molar-refractivity contribution in [2.75, 3.05) is 0 Å². The normalized spacial score (nSPS) is 23.4. The summed E-state index contributed by atoms with van der Waals surface area (Å²) in [5.41, 5.74) is 4.99. The zero-order valence-electron chi connectivity index (χ0n) is 14.3. The molecule has 6 nitrogen and oxygen atoms in total. The molecule has 25 heavy (non-hydrogen) atoms. The lowest BCUT2D eigenvalue weighted by Gasteiger charge is -2.11. The van der Waals surface area contributed by atoms with Crippen LogP contribution in [0.1, 0.15) is 52.9 Å². The molecule has 2 aromatic heterocycles. The van der Waals surface area contributed by atoms with Gasteiger partial charge < -0.3 is 0 Å². The van der Waals surface area contributed by atoms with Crippen molar-refractivity contribution in [2.24, 2.45) is 5.41 Å². The Bertz CT molecular complexity index is 987. The van der Waals surface area contributed by atoms with Crippen LogP contribution in [0.15, 0.2) is 30.6 Å². The number of rotatable bonds is 3. The number of carbonyl (C=O) groups excluding carboxylic acids is 1. The fourth-order valence-corrected chi connectivity index (χ4v) is 4.36. The predicted molar refractivity (Wildman–Crippen MR) is 92.3 cm³/mol. The van der Waals surface area contributed by atoms with Gasteiger partial charge in [-0.1, -0.05) is 25.1 Å². The second kappa shape index (κ2) is 4.88. The van der Waals surface area contributed by atoms with E-state index in [0.29, 0.717) is 22.7 Å². The van der Waals surface area contributed by atoms with Crippen LogP contribution in [0, 0.1) is 12.3 Å². The zero-order valence-corrected chi connectivity index (χ0v) is 14.3. The van der Waals surface area contributed by atoms with Crippen LogP contribution >= 0.6 is 0 Å². The first-order chi connectivity index (χ1) is 12.1. The van der Waals surface area contributed by atoms with E-state index in [0.717, 1.165) is 35.4 Å². The first kappa shape index (κ1) is 14.6. The molecule has 1 N–H and O–H groups in total. The number of nitrogens with one attached hydrogen (secondary N) is 1. The van der Waals surface area contributed by atoms with Gasteiger partial charge in [-0.05, 0) is 43.2 Å². The number of H-pyrrole nitrogens is 1. The molecule has 0 amide bonds. The minimum absolute atomic E-state index is 0.110. The highest BCUT2D eigenvalue weighted by Crippen LogP contribution is 2.69. The van der Waals surface area contributed by atoms with Crippen molar-refractivity contribution in [2.45, 2.75) is 39.0 Å². The Morgan fingerprint density at radius 1 is 1.40 bits per heavy atom. The van der Waals surface area contributed by atoms with E-state index in [9.17, 15) is 4.79 Å². The van der Waals surface area contributed by atoms with Gasteiger partial charge in [-0.15, -0.1) is 0 Å². The highest BCUT2D eigenvalue weighted by molar-refractivity contribution is 5.99. The Hall–Kier alpha value is -2.76. The van der Waals surface area contributed by atoms with Crippen molar-refractivity contribution >= 4 is 5.91 Å². The second-order valence-corrected chi connectivity index (χ2v) is 7.23. The third kappa shape index (κ3) is 1.91. The topological polar surface area (TPSA) is 76.5 Å². The van der Waals surface area contributed by atoms with Crippen molar-refractivity contribution < 1.29 is 4.79 Å². The summed E-state index contributed by atoms with van der Waals surface area (Å²) in [4.78, 5) is 17.5. The van der Waals surface area contributed by atoms with Gasteiger partial charge in [-0.3, -0.25) is 9.89 Å². The van der Waals surface area contributed by atoms with Gasteiger partial charge in [0.05, 0.1) is 5.69 Å². The molecule has 2 heterocycles. The minimum atomic E-state index is -0.110. The van der Waals surface area contributed by atoms with Gasteiger partial charge >= 0.3 is 0 Å². The van der Waals surface area contributed by atoms with Crippen LogP contribution in [0.5, 0.6) is 0 Å². The van der Waals surface area contributed by atoms with Crippen LogP contribution < -0.4 is 0 Å². The molecule has 0 spiro atoms. The number of carbonyl (C=O) groups is 1. The molecule has 1 fully saturated rings. The lowest BCUT2D eigenvalue weighted by molar-refractivity contribution is 0.0945. The smallest absolute Gasteiger partial charge is 0.267 e. The number of aromatic amines is 1. The van der Waals surface area contributed by atoms with Gasteiger partial charge in [-0.2, -0.15) is 14.9 Å². The zero-order chi connectivity index (χ0) is 17.2. The molecule has 126 valence electrons. The number of nitrogens with zero attached hydrogens (tertiary/aromatic N) is 4. The number of aromatic nitrogens is 5. The Labute approximate surface area is 145 Å². The molecule has 1 saturated carbocycles. The Morgan fingerprint density at radius 2 is 2.24 bits per heavy atom. The van der Waals surface area contributed by atoms with E-state index in [1.54, 1.807) is 0 Å². The summed E-state index contributed by atoms with van der Waals surface area (Å²) in [6, 6.07) is 7.62. The number of benzene rings is 1. The van der Waals surface area contributed by atoms with E-state index in [-0.39, 0.29) is 5.91 Å². The van der Waals surface area contributed by atoms with E-state index >= 15 is 0 Å². The average molecular weight is 333 g/mol. The Morgan fingerprint density at radius 3 is 2.96 bits per heavy atom. The van der Waals surface area contributed by atoms with Crippen LogP contribution in [-0.4, -0.2) is 30.9 Å². The van der Waals surface area contributed by atoms with Crippen molar-refractivity contribution in [1.29, 1.82) is 0 Å². The van der Waals surface area contributed by atoms with E-state index in [1.165, 1.54) is 17.4 Å². The van der Waals surface area contributed by atoms with Crippen LogP contribution in [0.2, 0.25) is 0 Å². The predicted octanol–water partition coefficient (Wildman–Crippen LogP) is 3.10. The Balaban J connectivity index is 1.68. The molecule has 0 radical (unpaired) electrons. The summed E-state index contributed by atoms with van der Waals surface area (Å²) in [5, 5.41) is 11.6. The fourth-order valence-electron chi connectivity index (χ4n) is 4.36. The van der Waals surface area contributed by atoms with Crippen LogP contribution in [0.3, 0.4) is 0 Å². The molecular weight excluding hydrogens is 314 g/mol. The summed E-state index contributed by atoms with van der Waals surface area (Å²) in [6.07, 6.45) is 4.78. The monoisotopic (exact) mass is 333 g/mol. The summed E-state index contributed by atoms with van der Waals surface area (Å²) < 4.78 is 1.53. The quantitative estimate of drug-likeness (QED) is 0.799. The van der Waals surface area contributed by atoms with Gasteiger partial charge in [0.2, 0.25) is 0 Å². The summed E-state index contributed by atoms with van der Waals surface area (Å²) in [6.45, 7) is 4.19. The third-order valence-electron chi connectivity index (χ3n) is 5.97. The molecular formula is C19H19N5O. The number of hydrogen-bond donors (Lipinski definition) is 1. The third-order valence-corrected chi connectivity index (χ3v) is 5.97. The maximum Gasteiger partial charge on any atom is 0.279 e. The summed E-state index contributed by atoms with van der Waals surface area (Å²) in [5.74, 6) is 0.991. The first-order valence-electron chi connectivity index (χ1n) is 8.72. The molecule has 2 aliphatic rings. The van der Waals surface area contributed by atoms with E-state index in [1.807, 2.05) is 31.2 Å². The largest absolute Gasteiger partial charge is 0.279 e. The highest BCUT2D eigenvalue weighted by Gasteiger charge is 2.61. The summed E-state index contributed by atoms with van der Waals surface area (Å²) >= 11 is 0. The van der Waals surface area contributed by atoms with Gasteiger partial charge in [-0.25, -0.2) is 4.98 Å². The summed E-state index contributed by atoms with van der Waals surface area (Å²) in [7, 11) is 0. The number of fused-ring (bicyclic) bond motifs is 3. The van der Waals surface area contributed by atoms with E-state index < -0.39 is 0 Å². The molecule has 2 unspecified atom stereocenters. The molecule has 0 aliphatic heterocycles. The standard InChI is InChI=1S/C19H19N5O/c1-3-19-8-13-15(14(19)9-19)23-24(16(13)17-20-10-21-22-17)18(25)12-7-5-4-6-11(12)2/h4-7,10,14H,3,8-9H2,1-2H3,(H,20,21,22). The second-order valence-electron chi connectivity index (χ2n) is 7.23. The van der Waals surface area contributed by atoms with Crippen molar-refractivity contribution in [3.63, 3.8) is 0 Å². The molecule has 5 rings (SSSR count). The minimum Gasteiger partial charge on any atom is -0.267 e. The van der Waals surface area contributed by atoms with Crippen molar-refractivity contribution in [1.82, 2.24) is 25.0 Å². The maximum absolute atomic E-state index is 13.2. The number of hydrogen-bond acceptors (Lipinski definition) is 4. The van der Waals surface area contributed by atoms with Crippen LogP contribution in [0.25, 0.3) is 11.5 Å². The molecule has 6 heteroatoms. The Kier molecular flexibility index (Phi) is 2.84. The molecule has 0 saturated heterocycles. The highest BCUT2D eigenvalue weighted by atomic mass is 16.2. The SMILES string of the molecule is CCC12Cc3c(nn(C(=O)c4ccccc4C)c3-c3ncn[nH]3)C1C2. The molecule has 1 aromatic carbocycles. The van der Waals surface area contributed by atoms with Gasteiger partial charge in [0.25, 0.3) is 5.91 Å². The first-order valence-corrected chi connectivity index (χ1v) is 8.72.